The van der Waals surface area contributed by atoms with E-state index in [1.165, 1.54) is 11.1 Å². The Labute approximate surface area is 188 Å². The summed E-state index contributed by atoms with van der Waals surface area (Å²) in [7, 11) is 0. The third kappa shape index (κ3) is 4.20. The summed E-state index contributed by atoms with van der Waals surface area (Å²) in [4.78, 5) is 23.4. The van der Waals surface area contributed by atoms with Crippen molar-refractivity contribution in [2.75, 3.05) is 13.2 Å². The highest BCUT2D eigenvalue weighted by Crippen LogP contribution is 2.34. The van der Waals surface area contributed by atoms with Crippen LogP contribution in [0.5, 0.6) is 0 Å². The molecule has 0 aliphatic carbocycles. The third-order valence-electron chi connectivity index (χ3n) is 6.53. The number of nitrogens with zero attached hydrogens (tertiary/aromatic N) is 2. The van der Waals surface area contributed by atoms with E-state index >= 15 is 0 Å². The second kappa shape index (κ2) is 9.27. The van der Waals surface area contributed by atoms with E-state index in [2.05, 4.69) is 41.4 Å². The van der Waals surface area contributed by atoms with Gasteiger partial charge in [0.1, 0.15) is 5.82 Å². The summed E-state index contributed by atoms with van der Waals surface area (Å²) in [5, 5.41) is 0. The van der Waals surface area contributed by atoms with Crippen molar-refractivity contribution in [3.63, 3.8) is 0 Å². The van der Waals surface area contributed by atoms with Gasteiger partial charge in [0.25, 0.3) is 0 Å². The van der Waals surface area contributed by atoms with Crippen LogP contribution in [-0.4, -0.2) is 40.0 Å². The number of imidazole rings is 1. The average molecular weight is 431 g/mol. The highest BCUT2D eigenvalue weighted by molar-refractivity contribution is 5.82. The molecule has 1 fully saturated rings. The van der Waals surface area contributed by atoms with Crippen LogP contribution in [0.3, 0.4) is 0 Å². The van der Waals surface area contributed by atoms with Crippen LogP contribution in [0.4, 0.5) is 0 Å². The summed E-state index contributed by atoms with van der Waals surface area (Å²) in [5.74, 6) is 0.877. The number of carbonyl (C=O) groups is 1. The fourth-order valence-electron chi connectivity index (χ4n) is 4.78. The molecule has 3 heterocycles. The van der Waals surface area contributed by atoms with Gasteiger partial charge >= 0.3 is 0 Å². The molecular formula is C26H30N4O2. The number of amides is 1. The number of nitrogens with one attached hydrogen (secondary N) is 1. The van der Waals surface area contributed by atoms with Gasteiger partial charge in [-0.25, -0.2) is 4.98 Å². The van der Waals surface area contributed by atoms with Crippen LogP contribution in [0.25, 0.3) is 22.4 Å². The van der Waals surface area contributed by atoms with Crippen molar-refractivity contribution < 1.29 is 9.53 Å². The predicted octanol–water partition coefficient (Wildman–Crippen LogP) is 4.44. The monoisotopic (exact) mass is 430 g/mol. The smallest absolute Gasteiger partial charge is 0.240 e. The predicted molar refractivity (Wildman–Crippen MR) is 125 cm³/mol. The number of carbonyl (C=O) groups excluding carboxylic acids is 1. The minimum absolute atomic E-state index is 0.0411. The Morgan fingerprint density at radius 3 is 2.50 bits per heavy atom. The van der Waals surface area contributed by atoms with Crippen molar-refractivity contribution in [3.05, 3.63) is 66.1 Å². The first kappa shape index (κ1) is 20.9. The molecule has 0 spiro atoms. The standard InChI is InChI=1S/C26H30N4O2/c27-21-9-4-5-16-32-17-22-24(29-25(28-22)23-10-6-15-30(23)26(21)31)20-13-11-19(12-14-20)18-7-2-1-3-8-18/h1-3,7-8,11-14,21,23H,4-6,9-10,15-17,27H2,(H,28,29)/t21-,23-/m0/s1. The maximum atomic E-state index is 13.0. The van der Waals surface area contributed by atoms with Gasteiger partial charge in [-0.1, -0.05) is 54.6 Å². The molecule has 1 saturated heterocycles. The number of hydrogen-bond acceptors (Lipinski definition) is 4. The van der Waals surface area contributed by atoms with Crippen LogP contribution in [0.15, 0.2) is 54.6 Å². The molecule has 3 aromatic rings. The van der Waals surface area contributed by atoms with Crippen molar-refractivity contribution in [2.45, 2.75) is 50.8 Å². The van der Waals surface area contributed by atoms with Crippen LogP contribution >= 0.6 is 0 Å². The molecular weight excluding hydrogens is 400 g/mol. The lowest BCUT2D eigenvalue weighted by Crippen LogP contribution is -2.43. The zero-order valence-electron chi connectivity index (χ0n) is 18.3. The average Bonchev–Trinajstić information content (AvgIpc) is 3.48. The third-order valence-corrected chi connectivity index (χ3v) is 6.53. The maximum absolute atomic E-state index is 13.0. The second-order valence-corrected chi connectivity index (χ2v) is 8.74. The van der Waals surface area contributed by atoms with Gasteiger partial charge in [-0.2, -0.15) is 0 Å². The summed E-state index contributed by atoms with van der Waals surface area (Å²) in [6, 6.07) is 18.3. The van der Waals surface area contributed by atoms with Crippen LogP contribution in [0.2, 0.25) is 0 Å². The van der Waals surface area contributed by atoms with E-state index < -0.39 is 6.04 Å². The number of fused-ring (bicyclic) bond motifs is 4. The number of H-pyrrole nitrogens is 1. The largest absolute Gasteiger partial charge is 0.375 e. The Kier molecular flexibility index (Phi) is 6.06. The van der Waals surface area contributed by atoms with E-state index in [0.717, 1.165) is 55.0 Å². The highest BCUT2D eigenvalue weighted by Gasteiger charge is 2.35. The summed E-state index contributed by atoms with van der Waals surface area (Å²) < 4.78 is 5.96. The van der Waals surface area contributed by atoms with E-state index in [1.54, 1.807) is 0 Å². The number of ether oxygens (including phenoxy) is 1. The fourth-order valence-corrected chi connectivity index (χ4v) is 4.78. The van der Waals surface area contributed by atoms with Crippen molar-refractivity contribution in [1.82, 2.24) is 14.9 Å². The quantitative estimate of drug-likeness (QED) is 0.630. The molecule has 6 nitrogen and oxygen atoms in total. The van der Waals surface area contributed by atoms with Crippen LogP contribution in [0, 0.1) is 0 Å². The van der Waals surface area contributed by atoms with Crippen LogP contribution in [0.1, 0.15) is 49.7 Å². The molecule has 32 heavy (non-hydrogen) atoms. The number of hydrogen-bond donors (Lipinski definition) is 2. The van der Waals surface area contributed by atoms with Crippen molar-refractivity contribution in [2.24, 2.45) is 5.73 Å². The first-order valence-corrected chi connectivity index (χ1v) is 11.6. The van der Waals surface area contributed by atoms with Crippen molar-refractivity contribution in [3.8, 4) is 22.4 Å². The summed E-state index contributed by atoms with van der Waals surface area (Å²) in [6.45, 7) is 1.87. The Morgan fingerprint density at radius 2 is 1.69 bits per heavy atom. The summed E-state index contributed by atoms with van der Waals surface area (Å²) in [5.41, 5.74) is 11.5. The number of rotatable bonds is 2. The number of aromatic amines is 1. The Morgan fingerprint density at radius 1 is 0.938 bits per heavy atom. The Balaban J connectivity index is 1.48. The van der Waals surface area contributed by atoms with Gasteiger partial charge in [-0.05, 0) is 43.2 Å². The zero-order chi connectivity index (χ0) is 21.9. The lowest BCUT2D eigenvalue weighted by atomic mass is 10.0. The number of aromatic nitrogens is 2. The molecule has 0 saturated carbocycles. The van der Waals surface area contributed by atoms with Crippen molar-refractivity contribution in [1.29, 1.82) is 0 Å². The van der Waals surface area contributed by atoms with E-state index in [4.69, 9.17) is 15.5 Å². The number of benzene rings is 2. The molecule has 1 amide bonds. The molecule has 5 rings (SSSR count). The van der Waals surface area contributed by atoms with Crippen LogP contribution < -0.4 is 5.73 Å². The molecule has 0 radical (unpaired) electrons. The highest BCUT2D eigenvalue weighted by atomic mass is 16.5. The molecule has 3 N–H and O–H groups in total. The van der Waals surface area contributed by atoms with E-state index in [0.29, 0.717) is 19.6 Å². The molecule has 2 bridgehead atoms. The van der Waals surface area contributed by atoms with Gasteiger partial charge in [0, 0.05) is 18.7 Å². The topological polar surface area (TPSA) is 84.2 Å². The molecule has 2 aliphatic rings. The molecule has 6 heteroatoms. The van der Waals surface area contributed by atoms with E-state index in [1.807, 2.05) is 23.1 Å². The number of nitrogens with two attached hydrogens (primary N) is 1. The van der Waals surface area contributed by atoms with E-state index in [9.17, 15) is 4.79 Å². The Hall–Kier alpha value is -2.96. The van der Waals surface area contributed by atoms with Gasteiger partial charge in [-0.3, -0.25) is 4.79 Å². The lowest BCUT2D eigenvalue weighted by molar-refractivity contribution is -0.133. The normalized spacial score (nSPS) is 22.0. The first-order chi connectivity index (χ1) is 15.7. The van der Waals surface area contributed by atoms with Gasteiger partial charge in [0.2, 0.25) is 5.91 Å². The molecule has 2 aromatic carbocycles. The summed E-state index contributed by atoms with van der Waals surface area (Å²) in [6.07, 6.45) is 4.36. The SMILES string of the molecule is N[C@H]1CCCCOCc2[nH]c(nc2-c2ccc(-c3ccccc3)cc2)[C@@H]2CCCN2C1=O. The first-order valence-electron chi connectivity index (χ1n) is 11.6. The molecule has 1 aromatic heterocycles. The second-order valence-electron chi connectivity index (χ2n) is 8.74. The fraction of sp³-hybridized carbons (Fsp3) is 0.385. The van der Waals surface area contributed by atoms with E-state index in [-0.39, 0.29) is 11.9 Å². The van der Waals surface area contributed by atoms with Gasteiger partial charge in [0.15, 0.2) is 0 Å². The maximum Gasteiger partial charge on any atom is 0.240 e. The summed E-state index contributed by atoms with van der Waals surface area (Å²) >= 11 is 0. The zero-order valence-corrected chi connectivity index (χ0v) is 18.3. The molecule has 2 atom stereocenters. The van der Waals surface area contributed by atoms with Crippen LogP contribution in [-0.2, 0) is 16.1 Å². The minimum Gasteiger partial charge on any atom is -0.375 e. The van der Waals surface area contributed by atoms with Gasteiger partial charge < -0.3 is 20.4 Å². The molecule has 166 valence electrons. The minimum atomic E-state index is -0.448. The Bertz CT molecular complexity index is 1060. The lowest BCUT2D eigenvalue weighted by Gasteiger charge is -2.26. The molecule has 2 aliphatic heterocycles. The van der Waals surface area contributed by atoms with Gasteiger partial charge in [-0.15, -0.1) is 0 Å². The van der Waals surface area contributed by atoms with Crippen molar-refractivity contribution >= 4 is 5.91 Å². The molecule has 0 unspecified atom stereocenters. The van der Waals surface area contributed by atoms with Gasteiger partial charge in [0.05, 0.1) is 30.1 Å².